The van der Waals surface area contributed by atoms with Crippen molar-refractivity contribution in [2.24, 2.45) is 0 Å². The van der Waals surface area contributed by atoms with Gasteiger partial charge in [0.1, 0.15) is 5.82 Å². The van der Waals surface area contributed by atoms with Crippen molar-refractivity contribution in [2.45, 2.75) is 0 Å². The van der Waals surface area contributed by atoms with Crippen LogP contribution in [0.2, 0.25) is 0 Å². The Hall–Kier alpha value is -6.58. The van der Waals surface area contributed by atoms with Crippen molar-refractivity contribution in [1.82, 2.24) is 14.5 Å². The van der Waals surface area contributed by atoms with Crippen molar-refractivity contribution in [3.05, 3.63) is 176 Å². The van der Waals surface area contributed by atoms with Crippen LogP contribution in [0.15, 0.2) is 176 Å². The van der Waals surface area contributed by atoms with E-state index in [0.29, 0.717) is 0 Å². The molecular formula is C46H29N3. The molecule has 228 valence electrons. The summed E-state index contributed by atoms with van der Waals surface area (Å²) in [5, 5.41) is 8.63. The summed E-state index contributed by atoms with van der Waals surface area (Å²) in [6.45, 7) is 0. The fraction of sp³-hybridized carbons (Fsp3) is 0. The molecule has 0 saturated carbocycles. The maximum atomic E-state index is 5.00. The van der Waals surface area contributed by atoms with Gasteiger partial charge in [-0.2, -0.15) is 0 Å². The summed E-state index contributed by atoms with van der Waals surface area (Å²) in [6, 6.07) is 58.8. The molecule has 0 atom stereocenters. The largest absolute Gasteiger partial charge is 0.292 e. The number of hydrogen-bond acceptors (Lipinski definition) is 2. The topological polar surface area (TPSA) is 30.7 Å². The van der Waals surface area contributed by atoms with Gasteiger partial charge in [0.15, 0.2) is 0 Å². The Bertz CT molecular complexity index is 2770. The van der Waals surface area contributed by atoms with E-state index in [1.165, 1.54) is 54.6 Å². The maximum absolute atomic E-state index is 5.00. The molecule has 0 aliphatic heterocycles. The molecule has 0 saturated heterocycles. The molecule has 0 amide bonds. The summed E-state index contributed by atoms with van der Waals surface area (Å²) in [5.41, 5.74) is 10.3. The van der Waals surface area contributed by atoms with Gasteiger partial charge in [-0.3, -0.25) is 9.55 Å². The number of hydrogen-bond donors (Lipinski definition) is 0. The van der Waals surface area contributed by atoms with Crippen LogP contribution in [-0.4, -0.2) is 14.5 Å². The second-order valence-corrected chi connectivity index (χ2v) is 12.6. The highest BCUT2D eigenvalue weighted by atomic mass is 15.1. The van der Waals surface area contributed by atoms with Gasteiger partial charge in [-0.15, -0.1) is 0 Å². The number of pyridine rings is 2. The molecule has 0 bridgehead atoms. The van der Waals surface area contributed by atoms with Crippen LogP contribution in [0.5, 0.6) is 0 Å². The van der Waals surface area contributed by atoms with Gasteiger partial charge >= 0.3 is 0 Å². The standard InChI is InChI=1S/C46H29N3/c1-2-12-31-27-34(23-22-30(31)11-1)45-38-17-5-3-15-36(38)44(37-16-4-6-18-39(37)45)33-14-9-13-32(28-33)35-24-25-43(48-29-35)49-41-20-8-7-19-40(41)46-42(49)21-10-26-47-46/h1-29H. The molecule has 10 rings (SSSR count). The van der Waals surface area contributed by atoms with E-state index in [-0.39, 0.29) is 0 Å². The minimum atomic E-state index is 0.875. The molecular weight excluding hydrogens is 595 g/mol. The van der Waals surface area contributed by atoms with Crippen LogP contribution in [0.4, 0.5) is 0 Å². The summed E-state index contributed by atoms with van der Waals surface area (Å²) in [4.78, 5) is 9.69. The van der Waals surface area contributed by atoms with E-state index in [4.69, 9.17) is 4.98 Å². The zero-order valence-corrected chi connectivity index (χ0v) is 26.6. The highest BCUT2D eigenvalue weighted by Crippen LogP contribution is 2.44. The molecule has 0 unspecified atom stereocenters. The molecule has 7 aromatic carbocycles. The van der Waals surface area contributed by atoms with E-state index in [1.807, 2.05) is 18.5 Å². The Labute approximate surface area is 283 Å². The molecule has 3 heterocycles. The van der Waals surface area contributed by atoms with Gasteiger partial charge in [0.05, 0.1) is 16.6 Å². The molecule has 0 fully saturated rings. The summed E-state index contributed by atoms with van der Waals surface area (Å²) >= 11 is 0. The first kappa shape index (κ1) is 27.5. The smallest absolute Gasteiger partial charge is 0.137 e. The molecule has 0 N–H and O–H groups in total. The lowest BCUT2D eigenvalue weighted by atomic mass is 9.85. The number of fused-ring (bicyclic) bond motifs is 6. The van der Waals surface area contributed by atoms with Gasteiger partial charge in [-0.05, 0) is 103 Å². The van der Waals surface area contributed by atoms with Gasteiger partial charge in [0.2, 0.25) is 0 Å². The molecule has 0 aliphatic carbocycles. The fourth-order valence-electron chi connectivity index (χ4n) is 7.67. The van der Waals surface area contributed by atoms with Crippen molar-refractivity contribution in [3.8, 4) is 39.2 Å². The molecule has 3 aromatic heterocycles. The van der Waals surface area contributed by atoms with Crippen LogP contribution in [0.25, 0.3) is 93.5 Å². The van der Waals surface area contributed by atoms with Crippen LogP contribution in [-0.2, 0) is 0 Å². The molecule has 0 radical (unpaired) electrons. The summed E-state index contributed by atoms with van der Waals surface area (Å²) in [6.07, 6.45) is 3.84. The average molecular weight is 624 g/mol. The van der Waals surface area contributed by atoms with E-state index in [2.05, 4.69) is 167 Å². The van der Waals surface area contributed by atoms with Crippen molar-refractivity contribution in [1.29, 1.82) is 0 Å². The molecule has 10 aromatic rings. The van der Waals surface area contributed by atoms with Crippen LogP contribution >= 0.6 is 0 Å². The molecule has 3 heteroatoms. The van der Waals surface area contributed by atoms with Crippen LogP contribution < -0.4 is 0 Å². The average Bonchev–Trinajstić information content (AvgIpc) is 3.51. The number of aromatic nitrogens is 3. The van der Waals surface area contributed by atoms with Gasteiger partial charge in [-0.1, -0.05) is 121 Å². The van der Waals surface area contributed by atoms with Crippen molar-refractivity contribution >= 4 is 54.3 Å². The van der Waals surface area contributed by atoms with Crippen LogP contribution in [0, 0.1) is 0 Å². The van der Waals surface area contributed by atoms with Crippen LogP contribution in [0.1, 0.15) is 0 Å². The minimum Gasteiger partial charge on any atom is -0.292 e. The SMILES string of the molecule is c1cc(-c2ccc(-n3c4ccccc4c4ncccc43)nc2)cc(-c2c3ccccc3c(-c3ccc4ccccc4c3)c3ccccc23)c1. The lowest BCUT2D eigenvalue weighted by molar-refractivity contribution is 1.08. The molecule has 49 heavy (non-hydrogen) atoms. The zero-order valence-electron chi connectivity index (χ0n) is 26.6. The highest BCUT2D eigenvalue weighted by Gasteiger charge is 2.18. The van der Waals surface area contributed by atoms with Crippen LogP contribution in [0.3, 0.4) is 0 Å². The predicted octanol–water partition coefficient (Wildman–Crippen LogP) is 12.0. The molecule has 0 spiro atoms. The third kappa shape index (κ3) is 4.37. The Kier molecular flexibility index (Phi) is 6.18. The Morgan fingerprint density at radius 2 is 0.959 bits per heavy atom. The highest BCUT2D eigenvalue weighted by molar-refractivity contribution is 6.21. The van der Waals surface area contributed by atoms with E-state index < -0.39 is 0 Å². The maximum Gasteiger partial charge on any atom is 0.137 e. The first-order chi connectivity index (χ1) is 24.3. The third-order valence-corrected chi connectivity index (χ3v) is 9.86. The van der Waals surface area contributed by atoms with Crippen molar-refractivity contribution < 1.29 is 0 Å². The minimum absolute atomic E-state index is 0.875. The van der Waals surface area contributed by atoms with Gasteiger partial charge in [-0.25, -0.2) is 4.98 Å². The monoisotopic (exact) mass is 623 g/mol. The number of nitrogens with zero attached hydrogens (tertiary/aromatic N) is 3. The summed E-state index contributed by atoms with van der Waals surface area (Å²) in [5.74, 6) is 0.875. The quantitative estimate of drug-likeness (QED) is 0.183. The predicted molar refractivity (Wildman–Crippen MR) is 205 cm³/mol. The van der Waals surface area contributed by atoms with E-state index >= 15 is 0 Å². The normalized spacial score (nSPS) is 11.7. The van der Waals surface area contributed by atoms with Gasteiger partial charge in [0, 0.05) is 23.3 Å². The number of rotatable bonds is 4. The Morgan fingerprint density at radius 3 is 1.67 bits per heavy atom. The second-order valence-electron chi connectivity index (χ2n) is 12.6. The number of benzene rings is 7. The van der Waals surface area contributed by atoms with Crippen molar-refractivity contribution in [3.63, 3.8) is 0 Å². The fourth-order valence-corrected chi connectivity index (χ4v) is 7.67. The summed E-state index contributed by atoms with van der Waals surface area (Å²) < 4.78 is 2.20. The zero-order chi connectivity index (χ0) is 32.3. The first-order valence-electron chi connectivity index (χ1n) is 16.7. The molecule has 0 aliphatic rings. The van der Waals surface area contributed by atoms with Crippen molar-refractivity contribution in [2.75, 3.05) is 0 Å². The number of para-hydroxylation sites is 1. The van der Waals surface area contributed by atoms with Gasteiger partial charge < -0.3 is 0 Å². The Balaban J connectivity index is 1.12. The summed E-state index contributed by atoms with van der Waals surface area (Å²) in [7, 11) is 0. The van der Waals surface area contributed by atoms with E-state index in [9.17, 15) is 0 Å². The van der Waals surface area contributed by atoms with E-state index in [0.717, 1.165) is 38.9 Å². The van der Waals surface area contributed by atoms with Gasteiger partial charge in [0.25, 0.3) is 0 Å². The lowest BCUT2D eigenvalue weighted by Crippen LogP contribution is -1.97. The van der Waals surface area contributed by atoms with E-state index in [1.54, 1.807) is 0 Å². The second kappa shape index (κ2) is 11.0. The first-order valence-corrected chi connectivity index (χ1v) is 16.7. The third-order valence-electron chi connectivity index (χ3n) is 9.86. The Morgan fingerprint density at radius 1 is 0.367 bits per heavy atom. The molecule has 3 nitrogen and oxygen atoms in total. The lowest BCUT2D eigenvalue weighted by Gasteiger charge is -2.18.